The van der Waals surface area contributed by atoms with Gasteiger partial charge in [-0.15, -0.1) is 0 Å². The average molecular weight is 339 g/mol. The van der Waals surface area contributed by atoms with E-state index in [9.17, 15) is 18.5 Å². The van der Waals surface area contributed by atoms with E-state index in [0.29, 0.717) is 23.7 Å². The number of rotatable bonds is 3. The summed E-state index contributed by atoms with van der Waals surface area (Å²) in [5.41, 5.74) is 0.821. The summed E-state index contributed by atoms with van der Waals surface area (Å²) in [6.07, 6.45) is 0.662. The highest BCUT2D eigenvalue weighted by molar-refractivity contribution is 7.91. The summed E-state index contributed by atoms with van der Waals surface area (Å²) in [5.74, 6) is 0. The first-order valence-corrected chi connectivity index (χ1v) is 8.32. The number of anilines is 1. The summed E-state index contributed by atoms with van der Waals surface area (Å²) in [5, 5.41) is 14.4. The molecule has 0 aromatic heterocycles. The Balaban J connectivity index is 2.27. The van der Waals surface area contributed by atoms with Gasteiger partial charge in [0.2, 0.25) is 9.84 Å². The summed E-state index contributed by atoms with van der Waals surface area (Å²) in [7, 11) is -4.05. The molecule has 0 aliphatic carbocycles. The monoisotopic (exact) mass is 338 g/mol. The number of hydrogen-bond acceptors (Lipinski definition) is 5. The molecule has 0 bridgehead atoms. The van der Waals surface area contributed by atoms with Crippen molar-refractivity contribution in [2.45, 2.75) is 16.2 Å². The van der Waals surface area contributed by atoms with E-state index in [-0.39, 0.29) is 9.79 Å². The van der Waals surface area contributed by atoms with Gasteiger partial charge in [0.05, 0.1) is 15.5 Å². The number of nitro groups is 1. The number of fused-ring (bicyclic) bond motifs is 1. The zero-order chi connectivity index (χ0) is 15.9. The van der Waals surface area contributed by atoms with Crippen LogP contribution >= 0.6 is 11.6 Å². The Hall–Kier alpha value is -2.12. The maximum absolute atomic E-state index is 12.9. The first kappa shape index (κ1) is 14.8. The van der Waals surface area contributed by atoms with Crippen LogP contribution in [0.2, 0.25) is 5.02 Å². The maximum atomic E-state index is 12.9. The largest absolute Gasteiger partial charge is 0.383 e. The van der Waals surface area contributed by atoms with Gasteiger partial charge in [-0.2, -0.15) is 0 Å². The van der Waals surface area contributed by atoms with Crippen LogP contribution < -0.4 is 5.32 Å². The minimum atomic E-state index is -4.05. The van der Waals surface area contributed by atoms with Crippen LogP contribution in [0.3, 0.4) is 0 Å². The van der Waals surface area contributed by atoms with Gasteiger partial charge in [-0.3, -0.25) is 10.1 Å². The lowest BCUT2D eigenvalue weighted by Gasteiger charge is -2.11. The third kappa shape index (κ3) is 2.32. The van der Waals surface area contributed by atoms with Crippen molar-refractivity contribution >= 4 is 32.8 Å². The fourth-order valence-electron chi connectivity index (χ4n) is 2.52. The van der Waals surface area contributed by atoms with Crippen LogP contribution in [0.4, 0.5) is 11.4 Å². The third-order valence-corrected chi connectivity index (χ3v) is 5.53. The third-order valence-electron chi connectivity index (χ3n) is 3.49. The number of sulfone groups is 1. The van der Waals surface area contributed by atoms with E-state index in [1.807, 2.05) is 0 Å². The van der Waals surface area contributed by atoms with Crippen LogP contribution in [0, 0.1) is 10.1 Å². The molecule has 2 aromatic carbocycles. The molecule has 1 aliphatic heterocycles. The van der Waals surface area contributed by atoms with E-state index in [1.54, 1.807) is 6.07 Å². The highest BCUT2D eigenvalue weighted by atomic mass is 35.5. The van der Waals surface area contributed by atoms with Gasteiger partial charge in [0.1, 0.15) is 4.90 Å². The second-order valence-corrected chi connectivity index (χ2v) is 7.17. The topological polar surface area (TPSA) is 89.3 Å². The van der Waals surface area contributed by atoms with Gasteiger partial charge < -0.3 is 5.32 Å². The van der Waals surface area contributed by atoms with E-state index in [2.05, 4.69) is 5.32 Å². The average Bonchev–Trinajstić information content (AvgIpc) is 2.94. The van der Waals surface area contributed by atoms with Crippen molar-refractivity contribution in [3.63, 3.8) is 0 Å². The Labute approximate surface area is 131 Å². The van der Waals surface area contributed by atoms with Gasteiger partial charge in [0, 0.05) is 17.6 Å². The number of benzene rings is 2. The molecule has 1 N–H and O–H groups in total. The molecule has 2 aromatic rings. The van der Waals surface area contributed by atoms with E-state index in [0.717, 1.165) is 5.56 Å². The van der Waals surface area contributed by atoms with E-state index < -0.39 is 20.4 Å². The predicted molar refractivity (Wildman–Crippen MR) is 82.2 cm³/mol. The van der Waals surface area contributed by atoms with Crippen molar-refractivity contribution in [2.75, 3.05) is 11.9 Å². The molecule has 1 heterocycles. The van der Waals surface area contributed by atoms with Crippen LogP contribution in [-0.4, -0.2) is 19.9 Å². The summed E-state index contributed by atoms with van der Waals surface area (Å²) < 4.78 is 25.7. The quantitative estimate of drug-likeness (QED) is 0.686. The molecule has 0 fully saturated rings. The SMILES string of the molecule is O=[N+]([O-])c1ccccc1S(=O)(=O)c1cc(Cl)cc2c1NCC2. The van der Waals surface area contributed by atoms with Crippen molar-refractivity contribution in [3.8, 4) is 0 Å². The fraction of sp³-hybridized carbons (Fsp3) is 0.143. The smallest absolute Gasteiger partial charge is 0.288 e. The zero-order valence-corrected chi connectivity index (χ0v) is 12.8. The van der Waals surface area contributed by atoms with Gasteiger partial charge >= 0.3 is 0 Å². The minimum Gasteiger partial charge on any atom is -0.383 e. The molecule has 114 valence electrons. The van der Waals surface area contributed by atoms with Gasteiger partial charge in [-0.1, -0.05) is 23.7 Å². The Morgan fingerprint density at radius 2 is 1.91 bits per heavy atom. The van der Waals surface area contributed by atoms with Gasteiger partial charge in [-0.25, -0.2) is 8.42 Å². The number of nitro benzene ring substituents is 1. The number of halogens is 1. The van der Waals surface area contributed by atoms with E-state index in [4.69, 9.17) is 11.6 Å². The normalized spacial score (nSPS) is 13.5. The van der Waals surface area contributed by atoms with Gasteiger partial charge in [0.15, 0.2) is 0 Å². The highest BCUT2D eigenvalue weighted by Gasteiger charge is 2.31. The second-order valence-electron chi connectivity index (χ2n) is 4.84. The van der Waals surface area contributed by atoms with Crippen LogP contribution in [0.5, 0.6) is 0 Å². The fourth-order valence-corrected chi connectivity index (χ4v) is 4.49. The number of nitrogens with zero attached hydrogens (tertiary/aromatic N) is 1. The first-order valence-electron chi connectivity index (χ1n) is 6.46. The summed E-state index contributed by atoms with van der Waals surface area (Å²) in [4.78, 5) is 10.0. The summed E-state index contributed by atoms with van der Waals surface area (Å²) in [6, 6.07) is 8.32. The Morgan fingerprint density at radius 1 is 1.18 bits per heavy atom. The molecular formula is C14H11ClN2O4S. The lowest BCUT2D eigenvalue weighted by atomic mass is 10.2. The molecule has 8 heteroatoms. The molecule has 0 saturated carbocycles. The van der Waals surface area contributed by atoms with Crippen LogP contribution in [0.1, 0.15) is 5.56 Å². The number of para-hydroxylation sites is 1. The minimum absolute atomic E-state index is 0.0261. The molecule has 0 saturated heterocycles. The zero-order valence-electron chi connectivity index (χ0n) is 11.2. The Kier molecular flexibility index (Phi) is 3.54. The Bertz CT molecular complexity index is 880. The Morgan fingerprint density at radius 3 is 2.64 bits per heavy atom. The van der Waals surface area contributed by atoms with E-state index >= 15 is 0 Å². The first-order chi connectivity index (χ1) is 10.4. The molecule has 0 radical (unpaired) electrons. The summed E-state index contributed by atoms with van der Waals surface area (Å²) >= 11 is 6.00. The standard InChI is InChI=1S/C14H11ClN2O4S/c15-10-7-9-5-6-16-14(9)13(8-10)22(20,21)12-4-2-1-3-11(12)17(18)19/h1-4,7-8,16H,5-6H2. The molecular weight excluding hydrogens is 328 g/mol. The molecule has 0 spiro atoms. The number of nitrogens with one attached hydrogen (secondary N) is 1. The van der Waals surface area contributed by atoms with Crippen molar-refractivity contribution in [1.29, 1.82) is 0 Å². The molecule has 6 nitrogen and oxygen atoms in total. The van der Waals surface area contributed by atoms with E-state index in [1.165, 1.54) is 30.3 Å². The lowest BCUT2D eigenvalue weighted by molar-refractivity contribution is -0.387. The molecule has 0 atom stereocenters. The van der Waals surface area contributed by atoms with Crippen LogP contribution in [0.25, 0.3) is 0 Å². The predicted octanol–water partition coefficient (Wildman–Crippen LogP) is 3.05. The van der Waals surface area contributed by atoms with Crippen molar-refractivity contribution in [3.05, 3.63) is 57.1 Å². The van der Waals surface area contributed by atoms with Crippen molar-refractivity contribution in [1.82, 2.24) is 0 Å². The van der Waals surface area contributed by atoms with Gasteiger partial charge in [0.25, 0.3) is 5.69 Å². The van der Waals surface area contributed by atoms with Gasteiger partial charge in [-0.05, 0) is 30.2 Å². The second kappa shape index (κ2) is 5.26. The molecule has 0 unspecified atom stereocenters. The summed E-state index contributed by atoms with van der Waals surface area (Å²) in [6.45, 7) is 0.606. The highest BCUT2D eigenvalue weighted by Crippen LogP contribution is 2.38. The lowest BCUT2D eigenvalue weighted by Crippen LogP contribution is -2.08. The molecule has 3 rings (SSSR count). The van der Waals surface area contributed by atoms with Crippen LogP contribution in [-0.2, 0) is 16.3 Å². The van der Waals surface area contributed by atoms with Crippen LogP contribution in [0.15, 0.2) is 46.2 Å². The number of hydrogen-bond donors (Lipinski definition) is 1. The maximum Gasteiger partial charge on any atom is 0.288 e. The molecule has 1 aliphatic rings. The van der Waals surface area contributed by atoms with Crippen molar-refractivity contribution in [2.24, 2.45) is 0 Å². The van der Waals surface area contributed by atoms with Crippen molar-refractivity contribution < 1.29 is 13.3 Å². The molecule has 22 heavy (non-hydrogen) atoms. The molecule has 0 amide bonds.